The first kappa shape index (κ1) is 16.4. The minimum atomic E-state index is -0.859. The van der Waals surface area contributed by atoms with Crippen LogP contribution in [0.1, 0.15) is 37.4 Å². The van der Waals surface area contributed by atoms with Crippen molar-refractivity contribution in [3.05, 3.63) is 63.7 Å². The zero-order valence-electron chi connectivity index (χ0n) is 14.6. The fourth-order valence-electron chi connectivity index (χ4n) is 3.78. The van der Waals surface area contributed by atoms with Crippen LogP contribution in [0.5, 0.6) is 5.75 Å². The van der Waals surface area contributed by atoms with Crippen molar-refractivity contribution in [2.45, 2.75) is 38.5 Å². The lowest BCUT2D eigenvalue weighted by Gasteiger charge is -2.50. The molecule has 0 radical (unpaired) electrons. The number of non-ortho nitro benzene ring substituents is 1. The highest BCUT2D eigenvalue weighted by Crippen LogP contribution is 2.46. The number of carbonyl (C=O) groups excluding carboxylic acids is 1. The molecule has 2 atom stereocenters. The van der Waals surface area contributed by atoms with Crippen LogP contribution in [-0.2, 0) is 6.42 Å². The van der Waals surface area contributed by atoms with Crippen LogP contribution in [0.3, 0.4) is 0 Å². The van der Waals surface area contributed by atoms with Crippen molar-refractivity contribution in [2.75, 3.05) is 4.90 Å². The summed E-state index contributed by atoms with van der Waals surface area (Å²) in [6.45, 7) is 3.94. The number of fused-ring (bicyclic) bond motifs is 4. The third-order valence-corrected chi connectivity index (χ3v) is 5.04. The lowest BCUT2D eigenvalue weighted by molar-refractivity contribution is -0.385. The van der Waals surface area contributed by atoms with Gasteiger partial charge in [0.25, 0.3) is 5.69 Å². The van der Waals surface area contributed by atoms with Crippen molar-refractivity contribution >= 4 is 17.4 Å². The summed E-state index contributed by atoms with van der Waals surface area (Å²) in [5, 5.41) is 14.0. The van der Waals surface area contributed by atoms with Crippen molar-refractivity contribution in [3.63, 3.8) is 0 Å². The number of urea groups is 1. The number of nitrogens with zero attached hydrogens (tertiary/aromatic N) is 2. The minimum Gasteiger partial charge on any atom is -0.467 e. The Balaban J connectivity index is 1.77. The summed E-state index contributed by atoms with van der Waals surface area (Å²) in [7, 11) is 0. The monoisotopic (exact) mass is 353 g/mol. The molecule has 2 amide bonds. The molecule has 2 aliphatic rings. The molecule has 0 unspecified atom stereocenters. The topological polar surface area (TPSA) is 84.7 Å². The van der Waals surface area contributed by atoms with Crippen molar-refractivity contribution in [2.24, 2.45) is 0 Å². The van der Waals surface area contributed by atoms with Gasteiger partial charge in [-0.05, 0) is 37.1 Å². The molecule has 1 fully saturated rings. The second kappa shape index (κ2) is 5.72. The van der Waals surface area contributed by atoms with Crippen LogP contribution in [0.15, 0.2) is 42.5 Å². The first-order valence-corrected chi connectivity index (χ1v) is 8.58. The van der Waals surface area contributed by atoms with Gasteiger partial charge >= 0.3 is 6.03 Å². The number of ether oxygens (including phenoxy) is 1. The van der Waals surface area contributed by atoms with Crippen LogP contribution < -0.4 is 15.0 Å². The van der Waals surface area contributed by atoms with Crippen molar-refractivity contribution in [3.8, 4) is 5.75 Å². The van der Waals surface area contributed by atoms with Crippen molar-refractivity contribution in [1.82, 2.24) is 5.32 Å². The molecule has 2 aliphatic heterocycles. The van der Waals surface area contributed by atoms with E-state index in [0.717, 1.165) is 17.7 Å². The molecule has 1 saturated heterocycles. The molecule has 2 heterocycles. The molecule has 0 aliphatic carbocycles. The summed E-state index contributed by atoms with van der Waals surface area (Å²) in [5.41, 5.74) is 1.68. The van der Waals surface area contributed by atoms with Crippen LogP contribution >= 0.6 is 0 Å². The predicted octanol–water partition coefficient (Wildman–Crippen LogP) is 3.93. The van der Waals surface area contributed by atoms with Gasteiger partial charge in [-0.3, -0.25) is 15.0 Å². The number of benzene rings is 2. The van der Waals surface area contributed by atoms with Gasteiger partial charge in [0.05, 0.1) is 11.0 Å². The smallest absolute Gasteiger partial charge is 0.325 e. The standard InChI is InChI=1S/C19H19N3O4/c1-3-12-5-4-6-13(9-12)21-18(23)20-16-11-19(21,2)26-17-8-7-14(22(24)25)10-15(16)17/h4-10,16H,3,11H2,1-2H3,(H,20,23)/t16-,19+/m0/s1. The summed E-state index contributed by atoms with van der Waals surface area (Å²) < 4.78 is 6.18. The highest BCUT2D eigenvalue weighted by Gasteiger charge is 2.50. The Hall–Kier alpha value is -3.09. The number of hydrogen-bond donors (Lipinski definition) is 1. The third-order valence-electron chi connectivity index (χ3n) is 5.04. The van der Waals surface area contributed by atoms with E-state index in [1.165, 1.54) is 12.1 Å². The van der Waals surface area contributed by atoms with E-state index in [4.69, 9.17) is 4.74 Å². The molecule has 134 valence electrons. The lowest BCUT2D eigenvalue weighted by atomic mass is 9.89. The maximum absolute atomic E-state index is 12.8. The first-order valence-electron chi connectivity index (χ1n) is 8.58. The van der Waals surface area contributed by atoms with Crippen molar-refractivity contribution < 1.29 is 14.5 Å². The van der Waals surface area contributed by atoms with E-state index in [9.17, 15) is 14.9 Å². The largest absolute Gasteiger partial charge is 0.467 e. The normalized spacial score (nSPS) is 23.7. The third kappa shape index (κ3) is 2.47. The highest BCUT2D eigenvalue weighted by atomic mass is 16.6. The van der Waals surface area contributed by atoms with Gasteiger partial charge in [-0.2, -0.15) is 0 Å². The zero-order chi connectivity index (χ0) is 18.5. The lowest BCUT2D eigenvalue weighted by Crippen LogP contribution is -2.65. The quantitative estimate of drug-likeness (QED) is 0.669. The molecule has 4 rings (SSSR count). The molecule has 7 heteroatoms. The second-order valence-electron chi connectivity index (χ2n) is 6.82. The Morgan fingerprint density at radius 3 is 2.88 bits per heavy atom. The number of nitrogens with one attached hydrogen (secondary N) is 1. The zero-order valence-corrected chi connectivity index (χ0v) is 14.6. The first-order chi connectivity index (χ1) is 12.4. The average Bonchev–Trinajstić information content (AvgIpc) is 2.60. The van der Waals surface area contributed by atoms with E-state index >= 15 is 0 Å². The molecule has 0 spiro atoms. The van der Waals surface area contributed by atoms with Gasteiger partial charge in [0.2, 0.25) is 0 Å². The summed E-state index contributed by atoms with van der Waals surface area (Å²) in [6, 6.07) is 11.7. The van der Waals surface area contributed by atoms with Crippen LogP contribution in [0.25, 0.3) is 0 Å². The van der Waals surface area contributed by atoms with Crippen LogP contribution in [0, 0.1) is 10.1 Å². The molecule has 2 bridgehead atoms. The van der Waals surface area contributed by atoms with Gasteiger partial charge < -0.3 is 10.1 Å². The van der Waals surface area contributed by atoms with Gasteiger partial charge in [0.15, 0.2) is 5.72 Å². The van der Waals surface area contributed by atoms with Gasteiger partial charge in [0.1, 0.15) is 5.75 Å². The van der Waals surface area contributed by atoms with Crippen molar-refractivity contribution in [1.29, 1.82) is 0 Å². The Bertz CT molecular complexity index is 913. The Labute approximate surface area is 150 Å². The molecular weight excluding hydrogens is 334 g/mol. The number of amides is 2. The van der Waals surface area contributed by atoms with E-state index in [1.807, 2.05) is 31.2 Å². The molecule has 2 aromatic rings. The van der Waals surface area contributed by atoms with Gasteiger partial charge in [-0.15, -0.1) is 0 Å². The molecular formula is C19H19N3O4. The van der Waals surface area contributed by atoms with Crippen LogP contribution in [-0.4, -0.2) is 16.7 Å². The van der Waals surface area contributed by atoms with E-state index in [-0.39, 0.29) is 17.8 Å². The Kier molecular flexibility index (Phi) is 3.61. The summed E-state index contributed by atoms with van der Waals surface area (Å²) >= 11 is 0. The maximum atomic E-state index is 12.8. The molecule has 2 aromatic carbocycles. The summed E-state index contributed by atoms with van der Waals surface area (Å²) in [4.78, 5) is 25.1. The number of aryl methyl sites for hydroxylation is 1. The fraction of sp³-hybridized carbons (Fsp3) is 0.316. The Morgan fingerprint density at radius 1 is 1.35 bits per heavy atom. The minimum absolute atomic E-state index is 0.0109. The second-order valence-corrected chi connectivity index (χ2v) is 6.82. The number of carbonyl (C=O) groups is 1. The fourth-order valence-corrected chi connectivity index (χ4v) is 3.78. The van der Waals surface area contributed by atoms with Gasteiger partial charge in [0, 0.05) is 29.8 Å². The molecule has 7 nitrogen and oxygen atoms in total. The van der Waals surface area contributed by atoms with Crippen LogP contribution in [0.4, 0.5) is 16.2 Å². The molecule has 0 saturated carbocycles. The number of hydrogen-bond acceptors (Lipinski definition) is 4. The summed E-state index contributed by atoms with van der Waals surface area (Å²) in [5.74, 6) is 0.561. The van der Waals surface area contributed by atoms with E-state index < -0.39 is 10.6 Å². The molecule has 0 aromatic heterocycles. The highest BCUT2D eigenvalue weighted by molar-refractivity contribution is 5.95. The van der Waals surface area contributed by atoms with Crippen LogP contribution in [0.2, 0.25) is 0 Å². The molecule has 26 heavy (non-hydrogen) atoms. The van der Waals surface area contributed by atoms with E-state index in [2.05, 4.69) is 12.2 Å². The Morgan fingerprint density at radius 2 is 2.15 bits per heavy atom. The van der Waals surface area contributed by atoms with E-state index in [0.29, 0.717) is 17.7 Å². The van der Waals surface area contributed by atoms with E-state index in [1.54, 1.807) is 11.0 Å². The summed E-state index contributed by atoms with van der Waals surface area (Å²) in [6.07, 6.45) is 1.37. The molecule has 1 N–H and O–H groups in total. The number of rotatable bonds is 3. The maximum Gasteiger partial charge on any atom is 0.325 e. The number of nitro benzene ring substituents is 1. The SMILES string of the molecule is CCc1cccc(N2C(=O)N[C@H]3C[C@@]2(C)Oc2ccc([N+](=O)[O-])cc23)c1. The van der Waals surface area contributed by atoms with Gasteiger partial charge in [-0.1, -0.05) is 19.1 Å². The predicted molar refractivity (Wildman–Crippen MR) is 96.3 cm³/mol. The number of nitro groups is 1. The average molecular weight is 353 g/mol. The number of anilines is 1. The van der Waals surface area contributed by atoms with Gasteiger partial charge in [-0.25, -0.2) is 4.79 Å².